The molecule has 9 nitrogen and oxygen atoms in total. The van der Waals surface area contributed by atoms with Crippen molar-refractivity contribution >= 4 is 27.2 Å². The quantitative estimate of drug-likeness (QED) is 0.0851. The Balaban J connectivity index is 1.71. The Morgan fingerprint density at radius 2 is 1.36 bits per heavy atom. The summed E-state index contributed by atoms with van der Waals surface area (Å²) >= 11 is 0. The van der Waals surface area contributed by atoms with E-state index in [9.17, 15) is 13.5 Å². The average Bonchev–Trinajstić information content (AvgIpc) is 3.33. The zero-order valence-electron chi connectivity index (χ0n) is 25.0. The predicted molar refractivity (Wildman–Crippen MR) is 168 cm³/mol. The van der Waals surface area contributed by atoms with E-state index >= 15 is 0 Å². The van der Waals surface area contributed by atoms with Gasteiger partial charge in [-0.05, 0) is 54.3 Å². The van der Waals surface area contributed by atoms with Crippen molar-refractivity contribution in [3.63, 3.8) is 0 Å². The highest BCUT2D eigenvalue weighted by atomic mass is 32.2. The number of aromatic nitrogens is 2. The topological polar surface area (TPSA) is 105 Å². The molecule has 0 aliphatic carbocycles. The Labute approximate surface area is 251 Å². The van der Waals surface area contributed by atoms with Crippen molar-refractivity contribution in [1.29, 1.82) is 0 Å². The van der Waals surface area contributed by atoms with Gasteiger partial charge < -0.3 is 9.95 Å². The number of benzene rings is 2. The van der Waals surface area contributed by atoms with Gasteiger partial charge in [0.05, 0.1) is 16.3 Å². The Hall–Kier alpha value is -3.55. The van der Waals surface area contributed by atoms with Crippen molar-refractivity contribution in [1.82, 2.24) is 14.1 Å². The van der Waals surface area contributed by atoms with Gasteiger partial charge in [-0.1, -0.05) is 103 Å². The van der Waals surface area contributed by atoms with Gasteiger partial charge in [-0.3, -0.25) is 0 Å². The minimum atomic E-state index is -3.66. The molecule has 0 amide bonds. The molecule has 10 heteroatoms. The molecule has 0 bridgehead atoms. The summed E-state index contributed by atoms with van der Waals surface area (Å²) in [5.74, 6) is -0.380. The van der Waals surface area contributed by atoms with Crippen LogP contribution < -0.4 is 0 Å². The Morgan fingerprint density at radius 1 is 0.810 bits per heavy atom. The highest BCUT2D eigenvalue weighted by Gasteiger charge is 2.24. The molecule has 226 valence electrons. The van der Waals surface area contributed by atoms with Crippen LogP contribution in [0.1, 0.15) is 90.9 Å². The summed E-state index contributed by atoms with van der Waals surface area (Å²) in [6, 6.07) is 15.2. The van der Waals surface area contributed by atoms with E-state index in [2.05, 4.69) is 34.0 Å². The van der Waals surface area contributed by atoms with Crippen molar-refractivity contribution in [2.75, 3.05) is 13.1 Å². The summed E-state index contributed by atoms with van der Waals surface area (Å²) in [6.45, 7) is 12.8. The molecule has 1 heterocycles. The van der Waals surface area contributed by atoms with Crippen LogP contribution in [0.5, 0.6) is 5.88 Å². The fourth-order valence-electron chi connectivity index (χ4n) is 4.73. The summed E-state index contributed by atoms with van der Waals surface area (Å²) in [5.41, 5.74) is 0.937. The van der Waals surface area contributed by atoms with Crippen LogP contribution in [-0.2, 0) is 10.0 Å². The summed E-state index contributed by atoms with van der Waals surface area (Å²) in [4.78, 5) is 3.59. The first-order chi connectivity index (χ1) is 20.4. The zero-order valence-corrected chi connectivity index (χ0v) is 25.8. The van der Waals surface area contributed by atoms with Gasteiger partial charge in [-0.25, -0.2) is 8.42 Å². The summed E-state index contributed by atoms with van der Waals surface area (Å²) in [5, 5.41) is 23.0. The first-order valence-corrected chi connectivity index (χ1v) is 16.6. The Bertz CT molecular complexity index is 1380. The minimum Gasteiger partial charge on any atom is -0.491 e. The number of hydrogen-bond acceptors (Lipinski definition) is 6. The first-order valence-electron chi connectivity index (χ1n) is 15.2. The van der Waals surface area contributed by atoms with Gasteiger partial charge in [-0.15, -0.1) is 4.68 Å². The van der Waals surface area contributed by atoms with Crippen molar-refractivity contribution in [2.24, 2.45) is 10.2 Å². The molecule has 0 fully saturated rings. The lowest BCUT2D eigenvalue weighted by molar-refractivity contribution is 0.383. The van der Waals surface area contributed by atoms with E-state index < -0.39 is 10.0 Å². The normalized spacial score (nSPS) is 11.9. The summed E-state index contributed by atoms with van der Waals surface area (Å²) in [6.07, 6.45) is 13.2. The van der Waals surface area contributed by atoms with Crippen LogP contribution in [0.3, 0.4) is 0 Å². The second kappa shape index (κ2) is 17.4. The molecule has 0 unspecified atom stereocenters. The number of unbranched alkanes of at least 4 members (excludes halogenated alkanes) is 10. The van der Waals surface area contributed by atoms with Gasteiger partial charge in [0.2, 0.25) is 15.9 Å². The molecular weight excluding hydrogens is 548 g/mol. The van der Waals surface area contributed by atoms with Crippen molar-refractivity contribution in [2.45, 2.75) is 95.8 Å². The number of nitrogens with zero attached hydrogens (tertiary/aromatic N) is 6. The van der Waals surface area contributed by atoms with Gasteiger partial charge in [0.1, 0.15) is 0 Å². The van der Waals surface area contributed by atoms with Crippen molar-refractivity contribution < 1.29 is 13.5 Å². The van der Waals surface area contributed by atoms with Gasteiger partial charge in [0.15, 0.2) is 5.69 Å². The third-order valence-electron chi connectivity index (χ3n) is 7.19. The molecule has 3 aromatic rings. The number of rotatable bonds is 19. The molecule has 2 aromatic carbocycles. The number of sulfonamides is 1. The van der Waals surface area contributed by atoms with Crippen LogP contribution in [0.4, 0.5) is 17.2 Å². The molecule has 0 atom stereocenters. The van der Waals surface area contributed by atoms with Gasteiger partial charge in [-0.2, -0.15) is 14.5 Å². The molecule has 0 saturated carbocycles. The predicted octanol–water partition coefficient (Wildman–Crippen LogP) is 9.26. The van der Waals surface area contributed by atoms with Crippen molar-refractivity contribution in [3.05, 3.63) is 66.0 Å². The second-order valence-electron chi connectivity index (χ2n) is 10.5. The van der Waals surface area contributed by atoms with Crippen LogP contribution in [0.2, 0.25) is 0 Å². The molecule has 0 saturated heterocycles. The molecule has 1 aromatic heterocycles. The molecule has 0 aliphatic rings. The molecule has 0 spiro atoms. The lowest BCUT2D eigenvalue weighted by atomic mass is 10.1. The van der Waals surface area contributed by atoms with Gasteiger partial charge in [0.25, 0.3) is 0 Å². The van der Waals surface area contributed by atoms with Crippen LogP contribution in [0, 0.1) is 6.57 Å². The Morgan fingerprint density at radius 3 is 1.90 bits per heavy atom. The number of hydrogen-bond donors (Lipinski definition) is 1. The fraction of sp³-hybridized carbons (Fsp3) is 0.500. The summed E-state index contributed by atoms with van der Waals surface area (Å²) < 4.78 is 30.1. The van der Waals surface area contributed by atoms with E-state index in [-0.39, 0.29) is 22.3 Å². The van der Waals surface area contributed by atoms with E-state index in [4.69, 9.17) is 6.57 Å². The number of para-hydroxylation sites is 1. The lowest BCUT2D eigenvalue weighted by Gasteiger charge is -2.22. The maximum absolute atomic E-state index is 13.6. The highest BCUT2D eigenvalue weighted by Crippen LogP contribution is 2.39. The standard InChI is InChI=1S/C32H44N6O3S/c1-4-6-8-10-12-17-25-37(26-18-13-11-9-7-5-2)42(40,41)29-23-21-27(22-24-29)34-35-30-31(33-3)36-38(32(30)39)28-19-15-14-16-20-28/h14-16,19-24,39H,4-13,17-18,25-26H2,1-2H3. The van der Waals surface area contributed by atoms with Crippen LogP contribution in [0.15, 0.2) is 69.7 Å². The molecular formula is C32H44N6O3S. The van der Waals surface area contributed by atoms with Crippen molar-refractivity contribution in [3.8, 4) is 11.6 Å². The van der Waals surface area contributed by atoms with E-state index in [0.717, 1.165) is 38.5 Å². The van der Waals surface area contributed by atoms with Crippen LogP contribution in [-0.4, -0.2) is 40.7 Å². The van der Waals surface area contributed by atoms with E-state index in [1.54, 1.807) is 52.8 Å². The molecule has 3 rings (SSSR count). The maximum Gasteiger partial charge on any atom is 0.327 e. The third kappa shape index (κ3) is 9.50. The van der Waals surface area contributed by atoms with E-state index in [0.29, 0.717) is 24.5 Å². The second-order valence-corrected chi connectivity index (χ2v) is 12.4. The maximum atomic E-state index is 13.6. The van der Waals surface area contributed by atoms with Gasteiger partial charge in [0, 0.05) is 13.1 Å². The largest absolute Gasteiger partial charge is 0.491 e. The van der Waals surface area contributed by atoms with E-state index in [1.807, 2.05) is 6.07 Å². The monoisotopic (exact) mass is 592 g/mol. The molecule has 1 N–H and O–H groups in total. The number of azo groups is 1. The van der Waals surface area contributed by atoms with E-state index in [1.165, 1.54) is 43.2 Å². The molecule has 0 aliphatic heterocycles. The van der Waals surface area contributed by atoms with Gasteiger partial charge >= 0.3 is 5.82 Å². The zero-order chi connectivity index (χ0) is 30.2. The smallest absolute Gasteiger partial charge is 0.327 e. The highest BCUT2D eigenvalue weighted by molar-refractivity contribution is 7.89. The lowest BCUT2D eigenvalue weighted by Crippen LogP contribution is -2.33. The fourth-order valence-corrected chi connectivity index (χ4v) is 6.25. The number of aromatic hydroxyl groups is 1. The Kier molecular flexibility index (Phi) is 13.7. The molecule has 0 radical (unpaired) electrons. The SMILES string of the molecule is [C-]#[N+]c1nn(-c2ccccc2)c(O)c1N=Nc1ccc(S(=O)(=O)N(CCCCCCCC)CCCCCCCC)cc1. The minimum absolute atomic E-state index is 0.0467. The third-order valence-corrected chi connectivity index (χ3v) is 9.10. The summed E-state index contributed by atoms with van der Waals surface area (Å²) in [7, 11) is -3.66. The molecule has 42 heavy (non-hydrogen) atoms. The average molecular weight is 593 g/mol. The van der Waals surface area contributed by atoms with Crippen LogP contribution >= 0.6 is 0 Å². The van der Waals surface area contributed by atoms with Crippen LogP contribution in [0.25, 0.3) is 10.5 Å². The first kappa shape index (κ1) is 33.0.